The molecule has 1 heterocycles. The average Bonchev–Trinajstić information content (AvgIpc) is 2.68. The summed E-state index contributed by atoms with van der Waals surface area (Å²) in [6.07, 6.45) is 1.37. The standard InChI is InChI=1S/C18H13N5O4S/c19-10-15-16(13-4-2-1-3-5-13)21-18(22-17(15)24)23-20-11-12-6-8-14(9-7-12)28(25,26)27/h1-9,11H,(H,25,26,27)(H2,21,22,23,24). The second-order valence-corrected chi connectivity index (χ2v) is 6.95. The number of H-pyrrole nitrogens is 1. The summed E-state index contributed by atoms with van der Waals surface area (Å²) >= 11 is 0. The number of nitriles is 1. The summed E-state index contributed by atoms with van der Waals surface area (Å²) in [5, 5.41) is 13.2. The highest BCUT2D eigenvalue weighted by molar-refractivity contribution is 7.85. The number of aromatic amines is 1. The summed E-state index contributed by atoms with van der Waals surface area (Å²) < 4.78 is 31.0. The molecular weight excluding hydrogens is 382 g/mol. The van der Waals surface area contributed by atoms with E-state index < -0.39 is 15.7 Å². The number of rotatable bonds is 5. The topological polar surface area (TPSA) is 148 Å². The first-order valence-electron chi connectivity index (χ1n) is 7.85. The first kappa shape index (κ1) is 19.0. The lowest BCUT2D eigenvalue weighted by Crippen LogP contribution is -2.16. The van der Waals surface area contributed by atoms with Gasteiger partial charge < -0.3 is 0 Å². The van der Waals surface area contributed by atoms with Gasteiger partial charge >= 0.3 is 0 Å². The molecule has 3 rings (SSSR count). The molecule has 0 aliphatic rings. The summed E-state index contributed by atoms with van der Waals surface area (Å²) in [4.78, 5) is 18.6. The van der Waals surface area contributed by atoms with Crippen LogP contribution in [0.5, 0.6) is 0 Å². The van der Waals surface area contributed by atoms with Crippen LogP contribution in [0.25, 0.3) is 11.3 Å². The largest absolute Gasteiger partial charge is 0.294 e. The fourth-order valence-corrected chi connectivity index (χ4v) is 2.81. The third-order valence-corrected chi connectivity index (χ3v) is 4.51. The Morgan fingerprint density at radius 1 is 1.14 bits per heavy atom. The van der Waals surface area contributed by atoms with E-state index in [4.69, 9.17) is 4.55 Å². The third-order valence-electron chi connectivity index (χ3n) is 3.64. The molecule has 2 aromatic carbocycles. The van der Waals surface area contributed by atoms with Gasteiger partial charge in [0.15, 0.2) is 0 Å². The van der Waals surface area contributed by atoms with Crippen molar-refractivity contribution in [2.45, 2.75) is 4.90 Å². The van der Waals surface area contributed by atoms with Crippen LogP contribution in [-0.2, 0) is 10.1 Å². The number of hydrazone groups is 1. The zero-order valence-electron chi connectivity index (χ0n) is 14.2. The molecule has 9 nitrogen and oxygen atoms in total. The Balaban J connectivity index is 1.85. The predicted molar refractivity (Wildman–Crippen MR) is 102 cm³/mol. The van der Waals surface area contributed by atoms with Gasteiger partial charge in [0.25, 0.3) is 15.7 Å². The van der Waals surface area contributed by atoms with Crippen molar-refractivity contribution in [3.05, 3.63) is 76.1 Å². The quantitative estimate of drug-likeness (QED) is 0.340. The number of nitrogens with zero attached hydrogens (tertiary/aromatic N) is 3. The number of anilines is 1. The molecule has 0 bridgehead atoms. The van der Waals surface area contributed by atoms with Crippen LogP contribution >= 0.6 is 0 Å². The van der Waals surface area contributed by atoms with E-state index >= 15 is 0 Å². The van der Waals surface area contributed by atoms with Crippen molar-refractivity contribution in [2.24, 2.45) is 5.10 Å². The Bertz CT molecular complexity index is 1230. The van der Waals surface area contributed by atoms with Gasteiger partial charge in [-0.3, -0.25) is 14.3 Å². The van der Waals surface area contributed by atoms with Gasteiger partial charge in [-0.1, -0.05) is 42.5 Å². The van der Waals surface area contributed by atoms with E-state index in [-0.39, 0.29) is 22.1 Å². The van der Waals surface area contributed by atoms with E-state index in [2.05, 4.69) is 20.5 Å². The van der Waals surface area contributed by atoms with Gasteiger partial charge in [-0.05, 0) is 17.7 Å². The maximum atomic E-state index is 12.1. The van der Waals surface area contributed by atoms with Crippen molar-refractivity contribution in [2.75, 3.05) is 5.43 Å². The van der Waals surface area contributed by atoms with Crippen LogP contribution < -0.4 is 11.0 Å². The summed E-state index contributed by atoms with van der Waals surface area (Å²) in [6, 6.07) is 16.0. The van der Waals surface area contributed by atoms with E-state index in [0.29, 0.717) is 11.1 Å². The molecule has 0 aliphatic carbocycles. The molecule has 0 amide bonds. The summed E-state index contributed by atoms with van der Waals surface area (Å²) in [5.41, 5.74) is 3.23. The van der Waals surface area contributed by atoms with Crippen LogP contribution in [-0.4, -0.2) is 29.2 Å². The molecule has 28 heavy (non-hydrogen) atoms. The highest BCUT2D eigenvalue weighted by Gasteiger charge is 2.13. The predicted octanol–water partition coefficient (Wildman–Crippen LogP) is 2.00. The molecule has 0 saturated carbocycles. The van der Waals surface area contributed by atoms with Gasteiger partial charge in [-0.2, -0.15) is 18.8 Å². The van der Waals surface area contributed by atoms with E-state index in [9.17, 15) is 18.5 Å². The van der Waals surface area contributed by atoms with Gasteiger partial charge in [-0.25, -0.2) is 10.4 Å². The van der Waals surface area contributed by atoms with E-state index in [1.165, 1.54) is 30.5 Å². The molecule has 0 aliphatic heterocycles. The Morgan fingerprint density at radius 3 is 2.43 bits per heavy atom. The van der Waals surface area contributed by atoms with E-state index in [1.807, 2.05) is 6.07 Å². The van der Waals surface area contributed by atoms with Gasteiger partial charge in [0.1, 0.15) is 11.6 Å². The first-order chi connectivity index (χ1) is 13.4. The van der Waals surface area contributed by atoms with Crippen LogP contribution in [0.2, 0.25) is 0 Å². The highest BCUT2D eigenvalue weighted by atomic mass is 32.2. The van der Waals surface area contributed by atoms with Crippen LogP contribution in [0.4, 0.5) is 5.95 Å². The lowest BCUT2D eigenvalue weighted by molar-refractivity contribution is 0.483. The maximum absolute atomic E-state index is 12.1. The van der Waals surface area contributed by atoms with Crippen molar-refractivity contribution < 1.29 is 13.0 Å². The summed E-state index contributed by atoms with van der Waals surface area (Å²) in [6.45, 7) is 0. The number of aromatic nitrogens is 2. The molecule has 3 aromatic rings. The fourth-order valence-electron chi connectivity index (χ4n) is 2.33. The second-order valence-electron chi connectivity index (χ2n) is 5.53. The molecule has 0 radical (unpaired) electrons. The Hall–Kier alpha value is -3.81. The molecule has 0 saturated heterocycles. The Kier molecular flexibility index (Phi) is 5.30. The summed E-state index contributed by atoms with van der Waals surface area (Å²) in [7, 11) is -4.26. The molecule has 140 valence electrons. The normalized spacial score (nSPS) is 11.3. The third kappa shape index (κ3) is 4.29. The Morgan fingerprint density at radius 2 is 1.82 bits per heavy atom. The molecule has 0 atom stereocenters. The first-order valence-corrected chi connectivity index (χ1v) is 9.29. The summed E-state index contributed by atoms with van der Waals surface area (Å²) in [5.74, 6) is 0.0358. The van der Waals surface area contributed by atoms with Gasteiger partial charge in [-0.15, -0.1) is 0 Å². The second kappa shape index (κ2) is 7.83. The van der Waals surface area contributed by atoms with E-state index in [1.54, 1.807) is 30.3 Å². The van der Waals surface area contributed by atoms with Gasteiger partial charge in [0.2, 0.25) is 5.95 Å². The zero-order chi connectivity index (χ0) is 20.1. The lowest BCUT2D eigenvalue weighted by Gasteiger charge is -2.06. The molecule has 0 spiro atoms. The zero-order valence-corrected chi connectivity index (χ0v) is 15.0. The minimum Gasteiger partial charge on any atom is -0.290 e. The SMILES string of the molecule is N#Cc1c(-c2ccccc2)nc(NN=Cc2ccc(S(=O)(=O)O)cc2)[nH]c1=O. The average molecular weight is 395 g/mol. The number of hydrogen-bond acceptors (Lipinski definition) is 7. The number of benzene rings is 2. The molecular formula is C18H13N5O4S. The van der Waals surface area contributed by atoms with E-state index in [0.717, 1.165) is 0 Å². The van der Waals surface area contributed by atoms with Crippen molar-refractivity contribution in [1.29, 1.82) is 5.26 Å². The molecule has 0 unspecified atom stereocenters. The van der Waals surface area contributed by atoms with Crippen LogP contribution in [0, 0.1) is 11.3 Å². The fraction of sp³-hybridized carbons (Fsp3) is 0. The van der Waals surface area contributed by atoms with Crippen LogP contribution in [0.3, 0.4) is 0 Å². The minimum absolute atomic E-state index is 0.0358. The lowest BCUT2D eigenvalue weighted by atomic mass is 10.1. The van der Waals surface area contributed by atoms with Crippen LogP contribution in [0.15, 0.2) is 69.4 Å². The number of hydrogen-bond donors (Lipinski definition) is 3. The molecule has 3 N–H and O–H groups in total. The monoisotopic (exact) mass is 395 g/mol. The molecule has 1 aromatic heterocycles. The van der Waals surface area contributed by atoms with Gasteiger partial charge in [0, 0.05) is 5.56 Å². The number of nitrogens with one attached hydrogen (secondary N) is 2. The van der Waals surface area contributed by atoms with Crippen molar-refractivity contribution in [3.63, 3.8) is 0 Å². The van der Waals surface area contributed by atoms with Crippen molar-refractivity contribution in [3.8, 4) is 17.3 Å². The van der Waals surface area contributed by atoms with Crippen molar-refractivity contribution >= 4 is 22.3 Å². The minimum atomic E-state index is -4.26. The smallest absolute Gasteiger partial charge is 0.290 e. The highest BCUT2D eigenvalue weighted by Crippen LogP contribution is 2.19. The van der Waals surface area contributed by atoms with Crippen molar-refractivity contribution in [1.82, 2.24) is 9.97 Å². The van der Waals surface area contributed by atoms with Crippen LogP contribution in [0.1, 0.15) is 11.1 Å². The maximum Gasteiger partial charge on any atom is 0.294 e. The molecule has 10 heteroatoms. The van der Waals surface area contributed by atoms with Gasteiger partial charge in [0.05, 0.1) is 16.8 Å². The Labute approximate surface area is 159 Å². The molecule has 0 fully saturated rings.